The number of benzene rings is 2. The minimum absolute atomic E-state index is 0.159. The second-order valence-corrected chi connectivity index (χ2v) is 15.1. The minimum atomic E-state index is -0.201. The molecule has 0 amide bonds. The molecular formula is C47H41N5. The van der Waals surface area contributed by atoms with Crippen molar-refractivity contribution in [2.45, 2.75) is 51.1 Å². The van der Waals surface area contributed by atoms with E-state index in [9.17, 15) is 0 Å². The zero-order valence-corrected chi connectivity index (χ0v) is 29.2. The Hall–Kier alpha value is -5.68. The monoisotopic (exact) mass is 675 g/mol. The maximum atomic E-state index is 5.32. The van der Waals surface area contributed by atoms with Gasteiger partial charge in [0.1, 0.15) is 12.0 Å². The van der Waals surface area contributed by atoms with Gasteiger partial charge in [0.05, 0.1) is 10.9 Å². The van der Waals surface area contributed by atoms with Crippen LogP contribution in [0.3, 0.4) is 0 Å². The van der Waals surface area contributed by atoms with Gasteiger partial charge in [-0.1, -0.05) is 121 Å². The summed E-state index contributed by atoms with van der Waals surface area (Å²) in [6, 6.07) is 19.6. The van der Waals surface area contributed by atoms with E-state index >= 15 is 0 Å². The van der Waals surface area contributed by atoms with E-state index in [-0.39, 0.29) is 12.1 Å². The zero-order valence-electron chi connectivity index (χ0n) is 29.2. The molecule has 5 heteroatoms. The topological polar surface area (TPSA) is 46.6 Å². The van der Waals surface area contributed by atoms with Crippen LogP contribution in [0.5, 0.6) is 0 Å². The summed E-state index contributed by atoms with van der Waals surface area (Å²) in [4.78, 5) is 10.5. The number of hydrogen-bond acceptors (Lipinski definition) is 3. The third kappa shape index (κ3) is 4.75. The Morgan fingerprint density at radius 2 is 1.63 bits per heavy atom. The molecule has 1 aliphatic heterocycles. The van der Waals surface area contributed by atoms with Gasteiger partial charge in [-0.05, 0) is 74.3 Å². The number of hydrogen-bond donors (Lipinski definition) is 1. The molecule has 4 atom stereocenters. The SMILES string of the molecule is C1=CCC(C2=NC(c3ccccc3)NC(n3c4c(c5c3=CC3=CC=C(n6c7c(c8ccccc86)C=C6CCC=CC6C7)CC3C=5)C=CCC4)=N2)C=C1. The molecule has 2 aromatic heterocycles. The predicted octanol–water partition coefficient (Wildman–Crippen LogP) is 8.41. The van der Waals surface area contributed by atoms with Crippen molar-refractivity contribution >= 4 is 52.7 Å². The van der Waals surface area contributed by atoms with Crippen LogP contribution >= 0.6 is 0 Å². The molecule has 3 heterocycles. The number of rotatable bonds is 3. The van der Waals surface area contributed by atoms with Crippen LogP contribution in [0.4, 0.5) is 0 Å². The van der Waals surface area contributed by atoms with Gasteiger partial charge in [0.25, 0.3) is 0 Å². The zero-order chi connectivity index (χ0) is 34.2. The molecular weight excluding hydrogens is 635 g/mol. The fourth-order valence-corrected chi connectivity index (χ4v) is 9.57. The Labute approximate surface area is 304 Å². The summed E-state index contributed by atoms with van der Waals surface area (Å²) in [5.74, 6) is 2.75. The van der Waals surface area contributed by atoms with Crippen molar-refractivity contribution in [3.8, 4) is 0 Å². The molecule has 0 fully saturated rings. The number of amidine groups is 1. The molecule has 52 heavy (non-hydrogen) atoms. The van der Waals surface area contributed by atoms with E-state index in [1.807, 2.05) is 0 Å². The number of allylic oxidation sites excluding steroid dienone is 11. The lowest BCUT2D eigenvalue weighted by Gasteiger charge is -2.29. The van der Waals surface area contributed by atoms with Crippen molar-refractivity contribution < 1.29 is 0 Å². The average molecular weight is 676 g/mol. The molecule has 2 aromatic carbocycles. The predicted molar refractivity (Wildman–Crippen MR) is 215 cm³/mol. The van der Waals surface area contributed by atoms with Crippen molar-refractivity contribution in [3.63, 3.8) is 0 Å². The Balaban J connectivity index is 1.04. The first-order chi connectivity index (χ1) is 25.8. The van der Waals surface area contributed by atoms with E-state index in [4.69, 9.17) is 9.98 Å². The lowest BCUT2D eigenvalue weighted by molar-refractivity contribution is 0.638. The Bertz CT molecular complexity index is 2590. The van der Waals surface area contributed by atoms with Crippen LogP contribution in [0.15, 0.2) is 130 Å². The number of fused-ring (bicyclic) bond motifs is 8. The van der Waals surface area contributed by atoms with Crippen LogP contribution in [-0.4, -0.2) is 20.9 Å². The largest absolute Gasteiger partial charge is 0.330 e. The summed E-state index contributed by atoms with van der Waals surface area (Å²) >= 11 is 0. The number of para-hydroxylation sites is 1. The van der Waals surface area contributed by atoms with Gasteiger partial charge in [-0.3, -0.25) is 4.57 Å². The summed E-state index contributed by atoms with van der Waals surface area (Å²) in [5.41, 5.74) is 12.4. The smallest absolute Gasteiger partial charge is 0.211 e. The van der Waals surface area contributed by atoms with Crippen molar-refractivity contribution in [2.75, 3.05) is 0 Å². The highest BCUT2D eigenvalue weighted by Crippen LogP contribution is 2.43. The van der Waals surface area contributed by atoms with Gasteiger partial charge in [0.2, 0.25) is 5.96 Å². The number of aromatic nitrogens is 2. The molecule has 11 rings (SSSR count). The van der Waals surface area contributed by atoms with Gasteiger partial charge in [0, 0.05) is 56.6 Å². The van der Waals surface area contributed by atoms with Crippen LogP contribution in [0.1, 0.15) is 66.3 Å². The maximum absolute atomic E-state index is 5.32. The highest BCUT2D eigenvalue weighted by molar-refractivity contribution is 6.02. The molecule has 4 aromatic rings. The molecule has 254 valence electrons. The lowest BCUT2D eigenvalue weighted by atomic mass is 9.80. The van der Waals surface area contributed by atoms with Crippen LogP contribution in [-0.2, 0) is 12.8 Å². The van der Waals surface area contributed by atoms with Crippen molar-refractivity contribution in [1.29, 1.82) is 0 Å². The standard InChI is InChI=1S/C47H41N5/c1-3-13-30(14-4-1)45-48-46(31-15-5-2-6-16-31)50-47(49-45)52-42-22-12-10-20-38(42)40-27-35-25-36(24-23-34(35)29-44(40)52)51-41-21-11-9-19-37(41)39-26-32-17-7-8-18-33(32)28-43(39)51/h1-6,8-11,13-15,18-21,23-24,26-27,29,31,33,35,45H,7,12,16-17,22,25,28H2,(H,48,49,50). The molecule has 0 saturated carbocycles. The van der Waals surface area contributed by atoms with E-state index < -0.39 is 0 Å². The molecule has 0 saturated heterocycles. The first-order valence-corrected chi connectivity index (χ1v) is 19.1. The summed E-state index contributed by atoms with van der Waals surface area (Å²) in [7, 11) is 0. The average Bonchev–Trinajstić information content (AvgIpc) is 3.71. The first-order valence-electron chi connectivity index (χ1n) is 19.1. The van der Waals surface area contributed by atoms with E-state index in [0.717, 1.165) is 55.9 Å². The first kappa shape index (κ1) is 30.0. The quantitative estimate of drug-likeness (QED) is 0.218. The van der Waals surface area contributed by atoms with E-state index in [2.05, 4.69) is 148 Å². The molecule has 4 unspecified atom stereocenters. The molecule has 1 N–H and O–H groups in total. The fourth-order valence-electron chi connectivity index (χ4n) is 9.57. The molecule has 5 nitrogen and oxygen atoms in total. The number of aliphatic imine (C=N–C) groups is 2. The van der Waals surface area contributed by atoms with Gasteiger partial charge in [-0.2, -0.15) is 4.99 Å². The summed E-state index contributed by atoms with van der Waals surface area (Å²) in [5, 5.41) is 7.72. The molecule has 6 aliphatic carbocycles. The van der Waals surface area contributed by atoms with Crippen LogP contribution in [0, 0.1) is 17.8 Å². The van der Waals surface area contributed by atoms with Crippen LogP contribution < -0.4 is 15.9 Å². The van der Waals surface area contributed by atoms with Gasteiger partial charge in [0.15, 0.2) is 0 Å². The molecule has 0 bridgehead atoms. The van der Waals surface area contributed by atoms with Gasteiger partial charge >= 0.3 is 0 Å². The number of nitrogens with zero attached hydrogens (tertiary/aromatic N) is 4. The van der Waals surface area contributed by atoms with Gasteiger partial charge in [-0.25, -0.2) is 4.99 Å². The van der Waals surface area contributed by atoms with E-state index in [1.54, 1.807) is 5.57 Å². The van der Waals surface area contributed by atoms with Gasteiger partial charge in [-0.15, -0.1) is 0 Å². The highest BCUT2D eigenvalue weighted by atomic mass is 15.3. The Kier molecular flexibility index (Phi) is 6.89. The second kappa shape index (κ2) is 11.9. The Morgan fingerprint density at radius 1 is 0.731 bits per heavy atom. The summed E-state index contributed by atoms with van der Waals surface area (Å²) in [6.07, 6.45) is 37.6. The van der Waals surface area contributed by atoms with E-state index in [0.29, 0.717) is 11.8 Å². The fraction of sp³-hybridized carbons (Fsp3) is 0.234. The summed E-state index contributed by atoms with van der Waals surface area (Å²) < 4.78 is 5.03. The van der Waals surface area contributed by atoms with Crippen molar-refractivity contribution in [1.82, 2.24) is 14.5 Å². The van der Waals surface area contributed by atoms with Crippen LogP contribution in [0.2, 0.25) is 0 Å². The molecule has 0 radical (unpaired) electrons. The summed E-state index contributed by atoms with van der Waals surface area (Å²) in [6.45, 7) is 0. The second-order valence-electron chi connectivity index (χ2n) is 15.1. The van der Waals surface area contributed by atoms with Gasteiger partial charge < -0.3 is 9.88 Å². The lowest BCUT2D eigenvalue weighted by Crippen LogP contribution is -2.46. The normalized spacial score (nSPS) is 25.1. The third-order valence-electron chi connectivity index (χ3n) is 12.1. The minimum Gasteiger partial charge on any atom is -0.330 e. The van der Waals surface area contributed by atoms with E-state index in [1.165, 1.54) is 61.7 Å². The third-order valence-corrected chi connectivity index (χ3v) is 12.1. The van der Waals surface area contributed by atoms with Crippen molar-refractivity contribution in [2.24, 2.45) is 27.7 Å². The molecule has 0 spiro atoms. The number of nitrogens with one attached hydrogen (secondary N) is 1. The molecule has 7 aliphatic rings. The van der Waals surface area contributed by atoms with Crippen molar-refractivity contribution in [3.05, 3.63) is 159 Å². The maximum Gasteiger partial charge on any atom is 0.211 e. The highest BCUT2D eigenvalue weighted by Gasteiger charge is 2.32. The van der Waals surface area contributed by atoms with Crippen LogP contribution in [0.25, 0.3) is 40.9 Å². The Morgan fingerprint density at radius 3 is 2.56 bits per heavy atom.